The number of thiocarbonyl (C=S) groups is 1. The SMILES string of the molecule is CCCCCNC(=S)NNC(=O)COc1ccc(Br)cc1. The fourth-order valence-corrected chi connectivity index (χ4v) is 1.88. The van der Waals surface area contributed by atoms with Crippen LogP contribution in [0.4, 0.5) is 0 Å². The number of unbranched alkanes of at least 4 members (excludes halogenated alkanes) is 2. The molecule has 0 saturated heterocycles. The largest absolute Gasteiger partial charge is 0.484 e. The van der Waals surface area contributed by atoms with E-state index in [2.05, 4.69) is 39.0 Å². The van der Waals surface area contributed by atoms with Crippen molar-refractivity contribution in [3.05, 3.63) is 28.7 Å². The summed E-state index contributed by atoms with van der Waals surface area (Å²) in [5.74, 6) is 0.337. The normalized spacial score (nSPS) is 9.81. The van der Waals surface area contributed by atoms with Gasteiger partial charge < -0.3 is 10.1 Å². The van der Waals surface area contributed by atoms with Gasteiger partial charge in [-0.3, -0.25) is 15.6 Å². The average Bonchev–Trinajstić information content (AvgIpc) is 2.49. The van der Waals surface area contributed by atoms with Crippen LogP contribution in [0.15, 0.2) is 28.7 Å². The van der Waals surface area contributed by atoms with Crippen molar-refractivity contribution in [3.63, 3.8) is 0 Å². The predicted molar refractivity (Wildman–Crippen MR) is 91.0 cm³/mol. The molecule has 0 atom stereocenters. The van der Waals surface area contributed by atoms with Crippen molar-refractivity contribution in [1.82, 2.24) is 16.2 Å². The van der Waals surface area contributed by atoms with Crippen LogP contribution in [0.5, 0.6) is 5.75 Å². The van der Waals surface area contributed by atoms with Gasteiger partial charge in [0, 0.05) is 11.0 Å². The Morgan fingerprint density at radius 2 is 1.95 bits per heavy atom. The summed E-state index contributed by atoms with van der Waals surface area (Å²) in [6.07, 6.45) is 3.37. The number of amides is 1. The Labute approximate surface area is 138 Å². The van der Waals surface area contributed by atoms with E-state index in [4.69, 9.17) is 17.0 Å². The number of hydrogen-bond donors (Lipinski definition) is 3. The lowest BCUT2D eigenvalue weighted by molar-refractivity contribution is -0.123. The van der Waals surface area contributed by atoms with Crippen LogP contribution in [0.25, 0.3) is 0 Å². The summed E-state index contributed by atoms with van der Waals surface area (Å²) in [5.41, 5.74) is 5.12. The van der Waals surface area contributed by atoms with Crippen LogP contribution in [0.3, 0.4) is 0 Å². The second-order valence-electron chi connectivity index (χ2n) is 4.38. The van der Waals surface area contributed by atoms with Gasteiger partial charge in [0.25, 0.3) is 5.91 Å². The molecule has 0 heterocycles. The van der Waals surface area contributed by atoms with Gasteiger partial charge in [-0.05, 0) is 42.9 Å². The van der Waals surface area contributed by atoms with Gasteiger partial charge in [-0.15, -0.1) is 0 Å². The molecule has 0 bridgehead atoms. The maximum absolute atomic E-state index is 11.6. The van der Waals surface area contributed by atoms with Gasteiger partial charge in [-0.1, -0.05) is 35.7 Å². The van der Waals surface area contributed by atoms with Crippen LogP contribution < -0.4 is 20.9 Å². The molecule has 1 aromatic carbocycles. The number of rotatable bonds is 7. The van der Waals surface area contributed by atoms with E-state index >= 15 is 0 Å². The van der Waals surface area contributed by atoms with Gasteiger partial charge in [-0.2, -0.15) is 0 Å². The summed E-state index contributed by atoms with van der Waals surface area (Å²) in [4.78, 5) is 11.6. The molecule has 0 fully saturated rings. The van der Waals surface area contributed by atoms with Crippen LogP contribution in [0.1, 0.15) is 26.2 Å². The quantitative estimate of drug-likeness (QED) is 0.389. The molecule has 0 spiro atoms. The molecular weight excluding hydrogens is 354 g/mol. The molecule has 0 aliphatic carbocycles. The van der Waals surface area contributed by atoms with Crippen LogP contribution in [0, 0.1) is 0 Å². The van der Waals surface area contributed by atoms with Gasteiger partial charge in [0.2, 0.25) is 0 Å². The van der Waals surface area contributed by atoms with E-state index in [1.54, 1.807) is 12.1 Å². The van der Waals surface area contributed by atoms with Gasteiger partial charge in [0.15, 0.2) is 11.7 Å². The van der Waals surface area contributed by atoms with Crippen molar-refractivity contribution in [2.45, 2.75) is 26.2 Å². The minimum Gasteiger partial charge on any atom is -0.484 e. The van der Waals surface area contributed by atoms with E-state index in [0.717, 1.165) is 30.3 Å². The van der Waals surface area contributed by atoms with Crippen LogP contribution in [0.2, 0.25) is 0 Å². The summed E-state index contributed by atoms with van der Waals surface area (Å²) in [6.45, 7) is 2.86. The fourth-order valence-electron chi connectivity index (χ4n) is 1.46. The Balaban J connectivity index is 2.13. The van der Waals surface area contributed by atoms with Crippen molar-refractivity contribution >= 4 is 39.2 Å². The lowest BCUT2D eigenvalue weighted by Crippen LogP contribution is -2.48. The van der Waals surface area contributed by atoms with E-state index < -0.39 is 0 Å². The molecule has 0 unspecified atom stereocenters. The highest BCUT2D eigenvalue weighted by molar-refractivity contribution is 9.10. The summed E-state index contributed by atoms with van der Waals surface area (Å²) >= 11 is 8.36. The third-order valence-corrected chi connectivity index (χ3v) is 3.34. The minimum absolute atomic E-state index is 0.0763. The Bertz CT molecular complexity index is 454. The first-order valence-electron chi connectivity index (χ1n) is 6.83. The van der Waals surface area contributed by atoms with E-state index in [-0.39, 0.29) is 12.5 Å². The molecule has 0 saturated carbocycles. The lowest BCUT2D eigenvalue weighted by atomic mass is 10.2. The van der Waals surface area contributed by atoms with Gasteiger partial charge in [0.1, 0.15) is 5.75 Å². The van der Waals surface area contributed by atoms with E-state index in [0.29, 0.717) is 10.9 Å². The second-order valence-corrected chi connectivity index (χ2v) is 5.70. The zero-order valence-corrected chi connectivity index (χ0v) is 14.4. The molecule has 5 nitrogen and oxygen atoms in total. The maximum Gasteiger partial charge on any atom is 0.276 e. The fraction of sp³-hybridized carbons (Fsp3) is 0.429. The molecule has 1 rings (SSSR count). The molecular formula is C14H20BrN3O2S. The van der Waals surface area contributed by atoms with Crippen molar-refractivity contribution < 1.29 is 9.53 Å². The number of benzene rings is 1. The number of hydrazine groups is 1. The summed E-state index contributed by atoms with van der Waals surface area (Å²) < 4.78 is 6.29. The molecule has 0 radical (unpaired) electrons. The molecule has 1 amide bonds. The third kappa shape index (κ3) is 8.52. The smallest absolute Gasteiger partial charge is 0.276 e. The van der Waals surface area contributed by atoms with E-state index in [9.17, 15) is 4.79 Å². The highest BCUT2D eigenvalue weighted by Gasteiger charge is 2.03. The van der Waals surface area contributed by atoms with Gasteiger partial charge >= 0.3 is 0 Å². The Kier molecular flexibility index (Phi) is 8.77. The highest BCUT2D eigenvalue weighted by Crippen LogP contribution is 2.15. The van der Waals surface area contributed by atoms with Gasteiger partial charge in [-0.25, -0.2) is 0 Å². The number of ether oxygens (including phenoxy) is 1. The number of carbonyl (C=O) groups is 1. The molecule has 3 N–H and O–H groups in total. The average molecular weight is 374 g/mol. The first-order chi connectivity index (χ1) is 10.1. The van der Waals surface area contributed by atoms with Gasteiger partial charge in [0.05, 0.1) is 0 Å². The first-order valence-corrected chi connectivity index (χ1v) is 8.03. The third-order valence-electron chi connectivity index (χ3n) is 2.56. The number of nitrogens with one attached hydrogen (secondary N) is 3. The Morgan fingerprint density at radius 3 is 2.62 bits per heavy atom. The standard InChI is InChI=1S/C14H20BrN3O2S/c1-2-3-4-9-16-14(21)18-17-13(19)10-20-12-7-5-11(15)6-8-12/h5-8H,2-4,9-10H2,1H3,(H,17,19)(H2,16,18,21). The topological polar surface area (TPSA) is 62.4 Å². The first kappa shape index (κ1) is 17.7. The van der Waals surface area contributed by atoms with E-state index in [1.165, 1.54) is 0 Å². The highest BCUT2D eigenvalue weighted by atomic mass is 79.9. The van der Waals surface area contributed by atoms with Crippen molar-refractivity contribution in [2.75, 3.05) is 13.2 Å². The monoisotopic (exact) mass is 373 g/mol. The summed E-state index contributed by atoms with van der Waals surface area (Å²) in [5, 5.41) is 3.42. The molecule has 7 heteroatoms. The predicted octanol–water partition coefficient (Wildman–Crippen LogP) is 2.51. The summed E-state index contributed by atoms with van der Waals surface area (Å²) in [6, 6.07) is 7.26. The molecule has 21 heavy (non-hydrogen) atoms. The maximum atomic E-state index is 11.6. The summed E-state index contributed by atoms with van der Waals surface area (Å²) in [7, 11) is 0. The Morgan fingerprint density at radius 1 is 1.24 bits per heavy atom. The van der Waals surface area contributed by atoms with Crippen LogP contribution in [-0.2, 0) is 4.79 Å². The number of carbonyl (C=O) groups excluding carboxylic acids is 1. The van der Waals surface area contributed by atoms with Crippen LogP contribution in [-0.4, -0.2) is 24.2 Å². The molecule has 0 aliphatic rings. The van der Waals surface area contributed by atoms with Crippen molar-refractivity contribution in [3.8, 4) is 5.75 Å². The minimum atomic E-state index is -0.296. The molecule has 0 aromatic heterocycles. The second kappa shape index (κ2) is 10.4. The molecule has 116 valence electrons. The zero-order valence-electron chi connectivity index (χ0n) is 11.9. The number of hydrogen-bond acceptors (Lipinski definition) is 3. The lowest BCUT2D eigenvalue weighted by Gasteiger charge is -2.12. The van der Waals surface area contributed by atoms with Crippen LogP contribution >= 0.6 is 28.1 Å². The molecule has 1 aromatic rings. The van der Waals surface area contributed by atoms with Crippen molar-refractivity contribution in [1.29, 1.82) is 0 Å². The van der Waals surface area contributed by atoms with Crippen molar-refractivity contribution in [2.24, 2.45) is 0 Å². The molecule has 0 aliphatic heterocycles. The Hall–Kier alpha value is -1.34. The zero-order chi connectivity index (χ0) is 15.5. The number of halogens is 1. The van der Waals surface area contributed by atoms with E-state index in [1.807, 2.05) is 12.1 Å².